The number of aromatic nitrogens is 3. The summed E-state index contributed by atoms with van der Waals surface area (Å²) in [7, 11) is 0. The number of rotatable bonds is 5. The normalized spacial score (nSPS) is 11.0. The van der Waals surface area contributed by atoms with Crippen LogP contribution in [0.25, 0.3) is 21.5 Å². The summed E-state index contributed by atoms with van der Waals surface area (Å²) in [5.74, 6) is -0.674. The summed E-state index contributed by atoms with van der Waals surface area (Å²) in [4.78, 5) is 30.5. The van der Waals surface area contributed by atoms with Crippen molar-refractivity contribution in [3.63, 3.8) is 0 Å². The lowest BCUT2D eigenvalue weighted by Gasteiger charge is -2.08. The Kier molecular flexibility index (Phi) is 5.41. The molecule has 0 unspecified atom stereocenters. The van der Waals surface area contributed by atoms with Crippen molar-refractivity contribution in [2.24, 2.45) is 0 Å². The molecule has 0 saturated carbocycles. The molecule has 0 aliphatic rings. The number of carbonyl (C=O) groups is 1. The predicted octanol–water partition coefficient (Wildman–Crippen LogP) is 4.02. The summed E-state index contributed by atoms with van der Waals surface area (Å²) in [6, 6.07) is 13.3. The molecule has 0 saturated heterocycles. The molecule has 6 nitrogen and oxygen atoms in total. The van der Waals surface area contributed by atoms with Crippen molar-refractivity contribution in [1.29, 1.82) is 0 Å². The van der Waals surface area contributed by atoms with Gasteiger partial charge in [0.1, 0.15) is 28.3 Å². The lowest BCUT2D eigenvalue weighted by molar-refractivity contribution is -0.116. The van der Waals surface area contributed by atoms with Crippen LogP contribution < -0.4 is 10.9 Å². The molecule has 4 aromatic rings. The van der Waals surface area contributed by atoms with Crippen molar-refractivity contribution >= 4 is 45.1 Å². The fourth-order valence-corrected chi connectivity index (χ4v) is 4.09. The highest BCUT2D eigenvalue weighted by molar-refractivity contribution is 7.98. The molecule has 29 heavy (non-hydrogen) atoms. The molecule has 2 aromatic heterocycles. The molecule has 1 N–H and O–H groups in total. The minimum Gasteiger partial charge on any atom is -0.324 e. The van der Waals surface area contributed by atoms with E-state index in [-0.39, 0.29) is 23.8 Å². The molecule has 146 valence electrons. The average Bonchev–Trinajstić information content (AvgIpc) is 3.15. The van der Waals surface area contributed by atoms with E-state index >= 15 is 0 Å². The van der Waals surface area contributed by atoms with E-state index < -0.39 is 0 Å². The number of fused-ring (bicyclic) bond motifs is 1. The van der Waals surface area contributed by atoms with Gasteiger partial charge in [-0.05, 0) is 60.3 Å². The standard InChI is InChI=1S/C20H15FN4O2S2/c1-28-15-4-2-3-14(9-15)23-16(26)10-25-11-22-18-17(24-29-19(18)20(25)27)12-5-7-13(21)8-6-12/h2-9,11H,10H2,1H3,(H,23,26). The van der Waals surface area contributed by atoms with Crippen LogP contribution in [0.1, 0.15) is 0 Å². The van der Waals surface area contributed by atoms with Gasteiger partial charge in [0.25, 0.3) is 5.56 Å². The van der Waals surface area contributed by atoms with Crippen molar-refractivity contribution < 1.29 is 9.18 Å². The number of nitrogens with zero attached hydrogens (tertiary/aromatic N) is 3. The van der Waals surface area contributed by atoms with Crippen molar-refractivity contribution in [1.82, 2.24) is 13.9 Å². The fourth-order valence-electron chi connectivity index (χ4n) is 2.82. The molecular weight excluding hydrogens is 411 g/mol. The van der Waals surface area contributed by atoms with Gasteiger partial charge in [0.2, 0.25) is 5.91 Å². The predicted molar refractivity (Wildman–Crippen MR) is 114 cm³/mol. The summed E-state index contributed by atoms with van der Waals surface area (Å²) in [6.45, 7) is -0.158. The van der Waals surface area contributed by atoms with Gasteiger partial charge in [-0.25, -0.2) is 9.37 Å². The molecule has 0 spiro atoms. The Balaban J connectivity index is 1.58. The Morgan fingerprint density at radius 2 is 2.03 bits per heavy atom. The van der Waals surface area contributed by atoms with Gasteiger partial charge in [0.05, 0.1) is 6.33 Å². The quantitative estimate of drug-likeness (QED) is 0.488. The Morgan fingerprint density at radius 1 is 1.24 bits per heavy atom. The number of halogens is 1. The highest BCUT2D eigenvalue weighted by Crippen LogP contribution is 2.27. The van der Waals surface area contributed by atoms with Crippen molar-refractivity contribution in [3.8, 4) is 11.3 Å². The van der Waals surface area contributed by atoms with Crippen molar-refractivity contribution in [2.75, 3.05) is 11.6 Å². The number of amides is 1. The topological polar surface area (TPSA) is 76.9 Å². The maximum absolute atomic E-state index is 13.2. The second kappa shape index (κ2) is 8.14. The zero-order valence-corrected chi connectivity index (χ0v) is 16.9. The number of anilines is 1. The lowest BCUT2D eigenvalue weighted by Crippen LogP contribution is -2.27. The minimum absolute atomic E-state index is 0.158. The molecule has 0 aliphatic carbocycles. The highest BCUT2D eigenvalue weighted by Gasteiger charge is 2.15. The molecule has 2 heterocycles. The van der Waals surface area contributed by atoms with E-state index in [9.17, 15) is 14.0 Å². The molecule has 0 atom stereocenters. The van der Waals surface area contributed by atoms with Crippen LogP contribution in [0, 0.1) is 5.82 Å². The van der Waals surface area contributed by atoms with E-state index in [1.807, 2.05) is 24.5 Å². The molecule has 0 radical (unpaired) electrons. The molecule has 1 amide bonds. The summed E-state index contributed by atoms with van der Waals surface area (Å²) in [5.41, 5.74) is 1.96. The van der Waals surface area contributed by atoms with Gasteiger partial charge >= 0.3 is 0 Å². The van der Waals surface area contributed by atoms with Crippen LogP contribution in [-0.4, -0.2) is 26.1 Å². The van der Waals surface area contributed by atoms with Crippen LogP contribution in [0.15, 0.2) is 64.5 Å². The third-order valence-electron chi connectivity index (χ3n) is 4.23. The Morgan fingerprint density at radius 3 is 2.79 bits per heavy atom. The molecule has 0 fully saturated rings. The maximum Gasteiger partial charge on any atom is 0.273 e. The highest BCUT2D eigenvalue weighted by atomic mass is 32.2. The van der Waals surface area contributed by atoms with Gasteiger partial charge in [0.15, 0.2) is 0 Å². The van der Waals surface area contributed by atoms with Crippen LogP contribution >= 0.6 is 23.3 Å². The first-order chi connectivity index (χ1) is 14.0. The SMILES string of the molecule is CSc1cccc(NC(=O)Cn2cnc3c(-c4ccc(F)cc4)nsc3c2=O)c1. The Bertz CT molecular complexity index is 1250. The fraction of sp³-hybridized carbons (Fsp3) is 0.100. The molecular formula is C20H15FN4O2S2. The molecule has 4 rings (SSSR count). The molecule has 0 bridgehead atoms. The molecule has 9 heteroatoms. The minimum atomic E-state index is -0.349. The van der Waals surface area contributed by atoms with Gasteiger partial charge in [0, 0.05) is 16.1 Å². The van der Waals surface area contributed by atoms with Gasteiger partial charge in [-0.2, -0.15) is 4.37 Å². The summed E-state index contributed by atoms with van der Waals surface area (Å²) in [5, 5.41) is 2.79. The Hall–Kier alpha value is -3.04. The monoisotopic (exact) mass is 426 g/mol. The first-order valence-electron chi connectivity index (χ1n) is 8.60. The third-order valence-corrected chi connectivity index (χ3v) is 5.78. The van der Waals surface area contributed by atoms with E-state index in [1.165, 1.54) is 23.0 Å². The van der Waals surface area contributed by atoms with Crippen molar-refractivity contribution in [2.45, 2.75) is 11.4 Å². The number of nitrogens with one attached hydrogen (secondary N) is 1. The van der Waals surface area contributed by atoms with Gasteiger partial charge < -0.3 is 5.32 Å². The summed E-state index contributed by atoms with van der Waals surface area (Å²) in [6.07, 6.45) is 3.29. The first-order valence-corrected chi connectivity index (χ1v) is 10.6. The Labute approximate surface area is 173 Å². The second-order valence-corrected chi connectivity index (χ2v) is 7.83. The largest absolute Gasteiger partial charge is 0.324 e. The summed E-state index contributed by atoms with van der Waals surface area (Å²) >= 11 is 2.59. The van der Waals surface area contributed by atoms with Gasteiger partial charge in [-0.15, -0.1) is 11.8 Å². The first kappa shape index (κ1) is 19.3. The van der Waals surface area contributed by atoms with Crippen LogP contribution in [0.5, 0.6) is 0 Å². The molecule has 2 aromatic carbocycles. The van der Waals surface area contributed by atoms with Gasteiger partial charge in [-0.1, -0.05) is 6.07 Å². The zero-order valence-electron chi connectivity index (χ0n) is 15.3. The number of benzene rings is 2. The third kappa shape index (κ3) is 4.06. The number of carbonyl (C=O) groups excluding carboxylic acids is 1. The smallest absolute Gasteiger partial charge is 0.273 e. The summed E-state index contributed by atoms with van der Waals surface area (Å²) < 4.78 is 19.1. The maximum atomic E-state index is 13.2. The van der Waals surface area contributed by atoms with Crippen molar-refractivity contribution in [3.05, 3.63) is 71.0 Å². The lowest BCUT2D eigenvalue weighted by atomic mass is 10.1. The van der Waals surface area contributed by atoms with Crippen LogP contribution in [0.3, 0.4) is 0 Å². The van der Waals surface area contributed by atoms with E-state index in [0.29, 0.717) is 27.2 Å². The zero-order chi connectivity index (χ0) is 20.4. The van der Waals surface area contributed by atoms with Crippen LogP contribution in [-0.2, 0) is 11.3 Å². The molecule has 0 aliphatic heterocycles. The average molecular weight is 426 g/mol. The van der Waals surface area contributed by atoms with E-state index in [1.54, 1.807) is 30.0 Å². The number of hydrogen-bond donors (Lipinski definition) is 1. The van der Waals surface area contributed by atoms with E-state index in [0.717, 1.165) is 16.4 Å². The van der Waals surface area contributed by atoms with E-state index in [2.05, 4.69) is 14.7 Å². The second-order valence-electron chi connectivity index (χ2n) is 6.17. The van der Waals surface area contributed by atoms with Crippen LogP contribution in [0.2, 0.25) is 0 Å². The van der Waals surface area contributed by atoms with Crippen LogP contribution in [0.4, 0.5) is 10.1 Å². The van der Waals surface area contributed by atoms with Gasteiger partial charge in [-0.3, -0.25) is 14.2 Å². The van der Waals surface area contributed by atoms with E-state index in [4.69, 9.17) is 0 Å². The number of hydrogen-bond acceptors (Lipinski definition) is 6. The number of thioether (sulfide) groups is 1.